The molecule has 1 aliphatic carbocycles. The number of hydrogen-bond acceptors (Lipinski definition) is 3. The van der Waals surface area contributed by atoms with Crippen molar-refractivity contribution in [3.8, 4) is 0 Å². The van der Waals surface area contributed by atoms with E-state index in [-0.39, 0.29) is 17.9 Å². The van der Waals surface area contributed by atoms with Crippen molar-refractivity contribution in [2.45, 2.75) is 75.4 Å². The van der Waals surface area contributed by atoms with E-state index in [0.717, 1.165) is 41.9 Å². The highest BCUT2D eigenvalue weighted by molar-refractivity contribution is 7.99. The first-order valence-corrected chi connectivity index (χ1v) is 13.9. The van der Waals surface area contributed by atoms with Gasteiger partial charge in [-0.25, -0.2) is 0 Å². The van der Waals surface area contributed by atoms with Crippen LogP contribution in [0.3, 0.4) is 0 Å². The minimum absolute atomic E-state index is 0.0472. The summed E-state index contributed by atoms with van der Waals surface area (Å²) in [5.41, 5.74) is 0.843. The maximum Gasteiger partial charge on any atom is 0.242 e. The van der Waals surface area contributed by atoms with E-state index < -0.39 is 6.04 Å². The highest BCUT2D eigenvalue weighted by Crippen LogP contribution is 2.25. The molecular weight excluding hydrogens is 511 g/mol. The summed E-state index contributed by atoms with van der Waals surface area (Å²) in [6.45, 7) is 2.11. The van der Waals surface area contributed by atoms with Crippen molar-refractivity contribution in [2.75, 3.05) is 5.75 Å². The Balaban J connectivity index is 1.62. The zero-order valence-electron chi connectivity index (χ0n) is 19.4. The predicted octanol–water partition coefficient (Wildman–Crippen LogP) is 7.39. The van der Waals surface area contributed by atoms with Crippen LogP contribution in [0.15, 0.2) is 47.4 Å². The molecule has 2 aromatic rings. The average Bonchev–Trinajstić information content (AvgIpc) is 2.83. The summed E-state index contributed by atoms with van der Waals surface area (Å²) in [6, 6.07) is 12.6. The van der Waals surface area contributed by atoms with Gasteiger partial charge < -0.3 is 10.2 Å². The van der Waals surface area contributed by atoms with Crippen LogP contribution in [-0.2, 0) is 16.1 Å². The fraction of sp³-hybridized carbons (Fsp3) is 0.462. The van der Waals surface area contributed by atoms with Gasteiger partial charge in [-0.3, -0.25) is 9.59 Å². The molecule has 1 fully saturated rings. The molecule has 1 N–H and O–H groups in total. The highest BCUT2D eigenvalue weighted by Gasteiger charge is 2.28. The first kappa shape index (κ1) is 27.2. The second-order valence-electron chi connectivity index (χ2n) is 8.70. The molecule has 0 aliphatic heterocycles. The summed E-state index contributed by atoms with van der Waals surface area (Å²) in [4.78, 5) is 29.1. The SMILES string of the molecule is C[C@@H](C(=O)NC1CCCCC1)N(Cc1ccc(Cl)c(Cl)c1)C(=O)CCCSc1ccc(Cl)cc1. The summed E-state index contributed by atoms with van der Waals surface area (Å²) in [7, 11) is 0. The second kappa shape index (κ2) is 13.6. The number of carbonyl (C=O) groups excluding carboxylic acids is 2. The van der Waals surface area contributed by atoms with Gasteiger partial charge in [0.15, 0.2) is 0 Å². The van der Waals surface area contributed by atoms with Gasteiger partial charge in [0.2, 0.25) is 11.8 Å². The maximum absolute atomic E-state index is 13.3. The molecule has 0 radical (unpaired) electrons. The molecule has 1 saturated carbocycles. The van der Waals surface area contributed by atoms with Crippen LogP contribution < -0.4 is 5.32 Å². The fourth-order valence-electron chi connectivity index (χ4n) is 4.07. The number of thioether (sulfide) groups is 1. The van der Waals surface area contributed by atoms with E-state index >= 15 is 0 Å². The van der Waals surface area contributed by atoms with Crippen LogP contribution in [0, 0.1) is 0 Å². The molecule has 1 aliphatic rings. The summed E-state index contributed by atoms with van der Waals surface area (Å²) < 4.78 is 0. The molecule has 2 amide bonds. The molecule has 0 saturated heterocycles. The normalized spacial score (nSPS) is 15.1. The predicted molar refractivity (Wildman–Crippen MR) is 143 cm³/mol. The molecule has 8 heteroatoms. The van der Waals surface area contributed by atoms with Crippen LogP contribution in [0.25, 0.3) is 0 Å². The molecule has 0 spiro atoms. The van der Waals surface area contributed by atoms with E-state index in [1.165, 1.54) is 6.42 Å². The van der Waals surface area contributed by atoms with Gasteiger partial charge in [-0.05, 0) is 73.9 Å². The average molecular weight is 542 g/mol. The third kappa shape index (κ3) is 8.37. The molecule has 0 aromatic heterocycles. The number of rotatable bonds is 10. The zero-order chi connectivity index (χ0) is 24.5. The number of amides is 2. The molecule has 0 heterocycles. The molecule has 2 aromatic carbocycles. The minimum atomic E-state index is -0.576. The van der Waals surface area contributed by atoms with Crippen LogP contribution in [0.4, 0.5) is 0 Å². The maximum atomic E-state index is 13.3. The Hall–Kier alpha value is -1.40. The van der Waals surface area contributed by atoms with Gasteiger partial charge in [0, 0.05) is 28.9 Å². The largest absolute Gasteiger partial charge is 0.352 e. The van der Waals surface area contributed by atoms with Crippen molar-refractivity contribution in [2.24, 2.45) is 0 Å². The second-order valence-corrected chi connectivity index (χ2v) is 11.1. The summed E-state index contributed by atoms with van der Waals surface area (Å²) in [5, 5.41) is 4.76. The van der Waals surface area contributed by atoms with Gasteiger partial charge in [-0.1, -0.05) is 60.1 Å². The molecular formula is C26H31Cl3N2O2S. The lowest BCUT2D eigenvalue weighted by atomic mass is 9.95. The molecule has 0 bridgehead atoms. The van der Waals surface area contributed by atoms with Crippen LogP contribution in [0.1, 0.15) is 57.4 Å². The van der Waals surface area contributed by atoms with Gasteiger partial charge in [0.1, 0.15) is 6.04 Å². The van der Waals surface area contributed by atoms with Crippen molar-refractivity contribution in [1.29, 1.82) is 0 Å². The van der Waals surface area contributed by atoms with E-state index in [1.54, 1.807) is 35.7 Å². The first-order valence-electron chi connectivity index (χ1n) is 11.8. The minimum Gasteiger partial charge on any atom is -0.352 e. The van der Waals surface area contributed by atoms with Gasteiger partial charge >= 0.3 is 0 Å². The van der Waals surface area contributed by atoms with Crippen LogP contribution in [0.2, 0.25) is 15.1 Å². The van der Waals surface area contributed by atoms with Crippen molar-refractivity contribution >= 4 is 58.4 Å². The van der Waals surface area contributed by atoms with Gasteiger partial charge in [0.05, 0.1) is 10.0 Å². The molecule has 4 nitrogen and oxygen atoms in total. The van der Waals surface area contributed by atoms with E-state index in [2.05, 4.69) is 5.32 Å². The Kier molecular flexibility index (Phi) is 10.9. The number of halogens is 3. The van der Waals surface area contributed by atoms with Crippen molar-refractivity contribution in [1.82, 2.24) is 10.2 Å². The third-order valence-corrected chi connectivity index (χ3v) is 8.16. The van der Waals surface area contributed by atoms with E-state index in [1.807, 2.05) is 30.3 Å². The van der Waals surface area contributed by atoms with E-state index in [4.69, 9.17) is 34.8 Å². The topological polar surface area (TPSA) is 49.4 Å². The van der Waals surface area contributed by atoms with Gasteiger partial charge in [-0.2, -0.15) is 0 Å². The van der Waals surface area contributed by atoms with Crippen molar-refractivity contribution in [3.05, 3.63) is 63.1 Å². The van der Waals surface area contributed by atoms with Gasteiger partial charge in [-0.15, -0.1) is 11.8 Å². The quantitative estimate of drug-likeness (QED) is 0.252. The Bertz CT molecular complexity index is 965. The summed E-state index contributed by atoms with van der Waals surface area (Å²) >= 11 is 19.9. The number of benzene rings is 2. The zero-order valence-corrected chi connectivity index (χ0v) is 22.5. The van der Waals surface area contributed by atoms with Crippen LogP contribution in [-0.4, -0.2) is 34.6 Å². The number of nitrogens with zero attached hydrogens (tertiary/aromatic N) is 1. The number of carbonyl (C=O) groups is 2. The molecule has 184 valence electrons. The Morgan fingerprint density at radius 1 is 1.03 bits per heavy atom. The Morgan fingerprint density at radius 2 is 1.74 bits per heavy atom. The van der Waals surface area contributed by atoms with Crippen LogP contribution >= 0.6 is 46.6 Å². The van der Waals surface area contributed by atoms with E-state index in [0.29, 0.717) is 34.5 Å². The van der Waals surface area contributed by atoms with Crippen molar-refractivity contribution < 1.29 is 9.59 Å². The summed E-state index contributed by atoms with van der Waals surface area (Å²) in [5.74, 6) is 0.654. The fourth-order valence-corrected chi connectivity index (χ4v) is 5.37. The van der Waals surface area contributed by atoms with Crippen LogP contribution in [0.5, 0.6) is 0 Å². The molecule has 34 heavy (non-hydrogen) atoms. The lowest BCUT2D eigenvalue weighted by molar-refractivity contribution is -0.141. The lowest BCUT2D eigenvalue weighted by Gasteiger charge is -2.31. The highest BCUT2D eigenvalue weighted by atomic mass is 35.5. The monoisotopic (exact) mass is 540 g/mol. The first-order chi connectivity index (χ1) is 16.3. The van der Waals surface area contributed by atoms with E-state index in [9.17, 15) is 9.59 Å². The summed E-state index contributed by atoms with van der Waals surface area (Å²) in [6.07, 6.45) is 6.57. The standard InChI is InChI=1S/C26H31Cl3N2O2S/c1-18(26(33)30-21-6-3-2-4-7-21)31(17-19-9-14-23(28)24(29)16-19)25(32)8-5-15-34-22-12-10-20(27)11-13-22/h9-14,16,18,21H,2-8,15,17H2,1H3,(H,30,33)/t18-/m0/s1. The molecule has 0 unspecified atom stereocenters. The number of nitrogens with one attached hydrogen (secondary N) is 1. The molecule has 1 atom stereocenters. The lowest BCUT2D eigenvalue weighted by Crippen LogP contribution is -2.50. The third-order valence-electron chi connectivity index (χ3n) is 6.07. The number of hydrogen-bond donors (Lipinski definition) is 1. The Labute approximate surface area is 221 Å². The van der Waals surface area contributed by atoms with Gasteiger partial charge in [0.25, 0.3) is 0 Å². The smallest absolute Gasteiger partial charge is 0.242 e. The Morgan fingerprint density at radius 3 is 2.41 bits per heavy atom. The molecule has 3 rings (SSSR count). The van der Waals surface area contributed by atoms with Crippen molar-refractivity contribution in [3.63, 3.8) is 0 Å².